The molecule has 4 nitrogen and oxygen atoms in total. The molecule has 0 saturated heterocycles. The molecule has 1 amide bonds. The number of nitrogens with zero attached hydrogens (tertiary/aromatic N) is 1. The molecule has 20 heavy (non-hydrogen) atoms. The van der Waals surface area contributed by atoms with Crippen molar-refractivity contribution in [2.45, 2.75) is 40.3 Å². The molecular weight excluding hydrogens is 252 g/mol. The summed E-state index contributed by atoms with van der Waals surface area (Å²) in [5, 5.41) is 3.29. The first-order valence-electron chi connectivity index (χ1n) is 7.14. The van der Waals surface area contributed by atoms with Gasteiger partial charge in [-0.15, -0.1) is 0 Å². The quantitative estimate of drug-likeness (QED) is 0.832. The molecule has 0 radical (unpaired) electrons. The van der Waals surface area contributed by atoms with Gasteiger partial charge in [-0.05, 0) is 33.4 Å². The number of benzene rings is 1. The first-order chi connectivity index (χ1) is 9.45. The summed E-state index contributed by atoms with van der Waals surface area (Å²) in [7, 11) is 1.80. The number of rotatable bonds is 7. The van der Waals surface area contributed by atoms with Crippen LogP contribution in [0.15, 0.2) is 18.2 Å². The van der Waals surface area contributed by atoms with Gasteiger partial charge in [0.15, 0.2) is 6.61 Å². The van der Waals surface area contributed by atoms with E-state index >= 15 is 0 Å². The summed E-state index contributed by atoms with van der Waals surface area (Å²) in [5.74, 6) is 0.775. The van der Waals surface area contributed by atoms with Crippen LogP contribution in [0.1, 0.15) is 31.9 Å². The standard InChI is InChI=1S/C16H26N2O2/c1-6-17-10-14-9-13(4)7-8-15(14)20-11-16(19)18(5)12(2)3/h7-9,12,17H,6,10-11H2,1-5H3. The summed E-state index contributed by atoms with van der Waals surface area (Å²) in [5.41, 5.74) is 2.28. The molecule has 0 saturated carbocycles. The smallest absolute Gasteiger partial charge is 0.260 e. The molecule has 0 heterocycles. The van der Waals surface area contributed by atoms with Gasteiger partial charge in [-0.2, -0.15) is 0 Å². The number of carbonyl (C=O) groups excluding carboxylic acids is 1. The zero-order valence-corrected chi connectivity index (χ0v) is 13.2. The van der Waals surface area contributed by atoms with E-state index in [1.54, 1.807) is 11.9 Å². The molecule has 0 aromatic heterocycles. The number of ether oxygens (including phenoxy) is 1. The molecule has 0 spiro atoms. The Hall–Kier alpha value is -1.55. The Morgan fingerprint density at radius 1 is 1.40 bits per heavy atom. The van der Waals surface area contributed by atoms with Gasteiger partial charge in [0.1, 0.15) is 5.75 Å². The maximum absolute atomic E-state index is 11.9. The molecule has 1 aromatic rings. The number of hydrogen-bond acceptors (Lipinski definition) is 3. The van der Waals surface area contributed by atoms with Crippen LogP contribution in [-0.2, 0) is 11.3 Å². The van der Waals surface area contributed by atoms with E-state index in [0.29, 0.717) is 0 Å². The Bertz CT molecular complexity index is 444. The van der Waals surface area contributed by atoms with Crippen molar-refractivity contribution < 1.29 is 9.53 Å². The summed E-state index contributed by atoms with van der Waals surface area (Å²) < 4.78 is 5.69. The van der Waals surface area contributed by atoms with Crippen molar-refractivity contribution in [2.24, 2.45) is 0 Å². The van der Waals surface area contributed by atoms with Gasteiger partial charge in [0.25, 0.3) is 5.91 Å². The van der Waals surface area contributed by atoms with E-state index in [2.05, 4.69) is 25.2 Å². The Labute approximate surface area is 122 Å². The van der Waals surface area contributed by atoms with Crippen LogP contribution in [0.5, 0.6) is 5.75 Å². The highest BCUT2D eigenvalue weighted by molar-refractivity contribution is 5.77. The van der Waals surface area contributed by atoms with Gasteiger partial charge in [0.05, 0.1) is 0 Å². The van der Waals surface area contributed by atoms with E-state index < -0.39 is 0 Å². The number of nitrogens with one attached hydrogen (secondary N) is 1. The monoisotopic (exact) mass is 278 g/mol. The predicted molar refractivity (Wildman–Crippen MR) is 82.0 cm³/mol. The van der Waals surface area contributed by atoms with Gasteiger partial charge in [-0.25, -0.2) is 0 Å². The lowest BCUT2D eigenvalue weighted by Gasteiger charge is -2.22. The Morgan fingerprint density at radius 2 is 2.10 bits per heavy atom. The molecule has 0 aliphatic heterocycles. The largest absolute Gasteiger partial charge is 0.483 e. The summed E-state index contributed by atoms with van der Waals surface area (Å²) in [6.07, 6.45) is 0. The minimum absolute atomic E-state index is 0.00465. The highest BCUT2D eigenvalue weighted by atomic mass is 16.5. The lowest BCUT2D eigenvalue weighted by Crippen LogP contribution is -2.36. The molecule has 1 N–H and O–H groups in total. The zero-order valence-electron chi connectivity index (χ0n) is 13.2. The van der Waals surface area contributed by atoms with Crippen LogP contribution in [0.2, 0.25) is 0 Å². The van der Waals surface area contributed by atoms with Crippen molar-refractivity contribution in [3.8, 4) is 5.75 Å². The van der Waals surface area contributed by atoms with Gasteiger partial charge in [0.2, 0.25) is 0 Å². The number of amides is 1. The van der Waals surface area contributed by atoms with Crippen LogP contribution in [0, 0.1) is 6.92 Å². The van der Waals surface area contributed by atoms with E-state index in [-0.39, 0.29) is 18.6 Å². The minimum Gasteiger partial charge on any atom is -0.483 e. The second-order valence-corrected chi connectivity index (χ2v) is 5.28. The lowest BCUT2D eigenvalue weighted by molar-refractivity contribution is -0.133. The SMILES string of the molecule is CCNCc1cc(C)ccc1OCC(=O)N(C)C(C)C. The normalized spacial score (nSPS) is 10.7. The van der Waals surface area contributed by atoms with Gasteiger partial charge in [-0.3, -0.25) is 4.79 Å². The second-order valence-electron chi connectivity index (χ2n) is 5.28. The van der Waals surface area contributed by atoms with Crippen molar-refractivity contribution in [3.63, 3.8) is 0 Å². The van der Waals surface area contributed by atoms with Gasteiger partial charge < -0.3 is 15.0 Å². The third-order valence-electron chi connectivity index (χ3n) is 3.30. The van der Waals surface area contributed by atoms with E-state index in [0.717, 1.165) is 24.4 Å². The molecular formula is C16H26N2O2. The molecule has 0 aliphatic carbocycles. The molecule has 1 aromatic carbocycles. The van der Waals surface area contributed by atoms with Crippen molar-refractivity contribution in [1.82, 2.24) is 10.2 Å². The van der Waals surface area contributed by atoms with E-state index in [1.165, 1.54) is 5.56 Å². The average molecular weight is 278 g/mol. The van der Waals surface area contributed by atoms with Crippen molar-refractivity contribution in [3.05, 3.63) is 29.3 Å². The first-order valence-corrected chi connectivity index (χ1v) is 7.14. The highest BCUT2D eigenvalue weighted by Gasteiger charge is 2.13. The van der Waals surface area contributed by atoms with Gasteiger partial charge in [0, 0.05) is 25.2 Å². The Balaban J connectivity index is 2.69. The number of hydrogen-bond donors (Lipinski definition) is 1. The molecule has 112 valence electrons. The van der Waals surface area contributed by atoms with E-state index in [4.69, 9.17) is 4.74 Å². The van der Waals surface area contributed by atoms with Gasteiger partial charge >= 0.3 is 0 Å². The highest BCUT2D eigenvalue weighted by Crippen LogP contribution is 2.20. The van der Waals surface area contributed by atoms with E-state index in [1.807, 2.05) is 26.0 Å². The minimum atomic E-state index is -0.00465. The average Bonchev–Trinajstić information content (AvgIpc) is 2.42. The third-order valence-corrected chi connectivity index (χ3v) is 3.30. The molecule has 0 aliphatic rings. The van der Waals surface area contributed by atoms with Crippen molar-refractivity contribution in [2.75, 3.05) is 20.2 Å². The summed E-state index contributed by atoms with van der Waals surface area (Å²) in [6, 6.07) is 6.21. The first kappa shape index (κ1) is 16.5. The van der Waals surface area contributed by atoms with Crippen LogP contribution in [-0.4, -0.2) is 37.0 Å². The molecule has 0 bridgehead atoms. The third kappa shape index (κ3) is 4.85. The number of aryl methyl sites for hydroxylation is 1. The van der Waals surface area contributed by atoms with Crippen LogP contribution >= 0.6 is 0 Å². The number of likely N-dealkylation sites (N-methyl/N-ethyl adjacent to an activating group) is 1. The summed E-state index contributed by atoms with van der Waals surface area (Å²) >= 11 is 0. The van der Waals surface area contributed by atoms with Crippen LogP contribution in [0.25, 0.3) is 0 Å². The molecule has 1 rings (SSSR count). The predicted octanol–water partition coefficient (Wildman–Crippen LogP) is 2.35. The maximum Gasteiger partial charge on any atom is 0.260 e. The molecule has 0 unspecified atom stereocenters. The topological polar surface area (TPSA) is 41.6 Å². The summed E-state index contributed by atoms with van der Waals surface area (Å²) in [6.45, 7) is 9.83. The van der Waals surface area contributed by atoms with Crippen LogP contribution < -0.4 is 10.1 Å². The second kappa shape index (κ2) is 7.90. The zero-order chi connectivity index (χ0) is 15.1. The fourth-order valence-corrected chi connectivity index (χ4v) is 1.78. The molecule has 4 heteroatoms. The fourth-order valence-electron chi connectivity index (χ4n) is 1.78. The van der Waals surface area contributed by atoms with E-state index in [9.17, 15) is 4.79 Å². The van der Waals surface area contributed by atoms with Crippen molar-refractivity contribution >= 4 is 5.91 Å². The lowest BCUT2D eigenvalue weighted by atomic mass is 10.1. The Kier molecular flexibility index (Phi) is 6.52. The van der Waals surface area contributed by atoms with Crippen LogP contribution in [0.4, 0.5) is 0 Å². The van der Waals surface area contributed by atoms with Gasteiger partial charge in [-0.1, -0.05) is 24.6 Å². The van der Waals surface area contributed by atoms with Crippen molar-refractivity contribution in [1.29, 1.82) is 0 Å². The fraction of sp³-hybridized carbons (Fsp3) is 0.562. The number of carbonyl (C=O) groups is 1. The maximum atomic E-state index is 11.9. The van der Waals surface area contributed by atoms with Crippen LogP contribution in [0.3, 0.4) is 0 Å². The molecule has 0 fully saturated rings. The molecule has 0 atom stereocenters. The summed E-state index contributed by atoms with van der Waals surface area (Å²) in [4.78, 5) is 13.6. The Morgan fingerprint density at radius 3 is 2.70 bits per heavy atom.